The highest BCUT2D eigenvalue weighted by atomic mass is 19.4. The van der Waals surface area contributed by atoms with Crippen molar-refractivity contribution in [2.45, 2.75) is 38.5 Å². The SMILES string of the molecule is C[C@@H](c1nc(CCc2ccccc2)nn1CC(F)(F)F)n1cncn1. The zero-order chi connectivity index (χ0) is 17.9. The topological polar surface area (TPSA) is 61.4 Å². The number of aryl methyl sites for hydroxylation is 2. The number of hydrogen-bond donors (Lipinski definition) is 0. The predicted octanol–water partition coefficient (Wildman–Crippen LogP) is 2.83. The van der Waals surface area contributed by atoms with E-state index in [-0.39, 0.29) is 5.82 Å². The third-order valence-corrected chi connectivity index (χ3v) is 3.76. The van der Waals surface area contributed by atoms with Gasteiger partial charge in [-0.3, -0.25) is 0 Å². The van der Waals surface area contributed by atoms with Gasteiger partial charge in [0.15, 0.2) is 11.6 Å². The molecule has 0 aliphatic rings. The Kier molecular flexibility index (Phi) is 4.82. The zero-order valence-corrected chi connectivity index (χ0v) is 13.6. The molecule has 1 atom stereocenters. The average Bonchev–Trinajstić information content (AvgIpc) is 3.22. The van der Waals surface area contributed by atoms with E-state index >= 15 is 0 Å². The Morgan fingerprint density at radius 3 is 2.52 bits per heavy atom. The maximum Gasteiger partial charge on any atom is 0.408 e. The van der Waals surface area contributed by atoms with Crippen LogP contribution >= 0.6 is 0 Å². The number of rotatable bonds is 6. The van der Waals surface area contributed by atoms with Crippen molar-refractivity contribution in [3.05, 3.63) is 60.2 Å². The van der Waals surface area contributed by atoms with Crippen LogP contribution in [0.25, 0.3) is 0 Å². The Labute approximate surface area is 142 Å². The molecule has 0 spiro atoms. The normalized spacial score (nSPS) is 13.1. The first kappa shape index (κ1) is 17.1. The maximum absolute atomic E-state index is 12.9. The van der Waals surface area contributed by atoms with E-state index in [4.69, 9.17) is 0 Å². The van der Waals surface area contributed by atoms with Gasteiger partial charge >= 0.3 is 6.18 Å². The molecule has 132 valence electrons. The number of alkyl halides is 3. The molecule has 25 heavy (non-hydrogen) atoms. The minimum Gasteiger partial charge on any atom is -0.243 e. The Morgan fingerprint density at radius 2 is 1.88 bits per heavy atom. The first-order valence-corrected chi connectivity index (χ1v) is 7.81. The third-order valence-electron chi connectivity index (χ3n) is 3.76. The molecule has 3 aromatic rings. The smallest absolute Gasteiger partial charge is 0.243 e. The van der Waals surface area contributed by atoms with Crippen molar-refractivity contribution in [2.24, 2.45) is 0 Å². The molecule has 0 aliphatic carbocycles. The van der Waals surface area contributed by atoms with Crippen LogP contribution in [-0.4, -0.2) is 35.7 Å². The molecule has 0 radical (unpaired) electrons. The summed E-state index contributed by atoms with van der Waals surface area (Å²) in [4.78, 5) is 8.16. The largest absolute Gasteiger partial charge is 0.408 e. The third kappa shape index (κ3) is 4.43. The van der Waals surface area contributed by atoms with Crippen LogP contribution in [0, 0.1) is 0 Å². The molecule has 0 bridgehead atoms. The van der Waals surface area contributed by atoms with Gasteiger partial charge in [0.2, 0.25) is 0 Å². The fourth-order valence-corrected chi connectivity index (χ4v) is 2.54. The Morgan fingerprint density at radius 1 is 1.12 bits per heavy atom. The van der Waals surface area contributed by atoms with Gasteiger partial charge in [-0.05, 0) is 18.9 Å². The number of hydrogen-bond acceptors (Lipinski definition) is 4. The summed E-state index contributed by atoms with van der Waals surface area (Å²) in [5.74, 6) is 0.598. The number of aromatic nitrogens is 6. The molecule has 0 amide bonds. The summed E-state index contributed by atoms with van der Waals surface area (Å²) in [6.45, 7) is 0.534. The lowest BCUT2D eigenvalue weighted by atomic mass is 10.1. The van der Waals surface area contributed by atoms with E-state index in [1.807, 2.05) is 30.3 Å². The zero-order valence-electron chi connectivity index (χ0n) is 13.6. The van der Waals surface area contributed by atoms with Crippen LogP contribution in [0.3, 0.4) is 0 Å². The van der Waals surface area contributed by atoms with E-state index in [0.29, 0.717) is 18.7 Å². The molecule has 0 saturated heterocycles. The summed E-state index contributed by atoms with van der Waals surface area (Å²) >= 11 is 0. The molecule has 2 heterocycles. The van der Waals surface area contributed by atoms with Crippen LogP contribution in [-0.2, 0) is 19.4 Å². The highest BCUT2D eigenvalue weighted by molar-refractivity contribution is 5.15. The highest BCUT2D eigenvalue weighted by Crippen LogP contribution is 2.22. The van der Waals surface area contributed by atoms with Gasteiger partial charge in [-0.2, -0.15) is 23.4 Å². The van der Waals surface area contributed by atoms with Crippen molar-refractivity contribution < 1.29 is 13.2 Å². The summed E-state index contributed by atoms with van der Waals surface area (Å²) in [7, 11) is 0. The minimum absolute atomic E-state index is 0.214. The number of nitrogens with zero attached hydrogens (tertiary/aromatic N) is 6. The van der Waals surface area contributed by atoms with Crippen molar-refractivity contribution in [3.8, 4) is 0 Å². The highest BCUT2D eigenvalue weighted by Gasteiger charge is 2.31. The van der Waals surface area contributed by atoms with Gasteiger partial charge in [0, 0.05) is 6.42 Å². The fraction of sp³-hybridized carbons (Fsp3) is 0.375. The van der Waals surface area contributed by atoms with Gasteiger partial charge < -0.3 is 0 Å². The van der Waals surface area contributed by atoms with Gasteiger partial charge in [-0.15, -0.1) is 0 Å². The summed E-state index contributed by atoms with van der Waals surface area (Å²) in [5, 5.41) is 8.04. The molecule has 9 heteroatoms. The second-order valence-corrected chi connectivity index (χ2v) is 5.70. The van der Waals surface area contributed by atoms with E-state index in [9.17, 15) is 13.2 Å². The molecule has 1 aromatic carbocycles. The molecule has 0 aliphatic heterocycles. The van der Waals surface area contributed by atoms with E-state index in [1.54, 1.807) is 6.92 Å². The van der Waals surface area contributed by atoms with Crippen LogP contribution in [0.5, 0.6) is 0 Å². The van der Waals surface area contributed by atoms with Crippen molar-refractivity contribution in [1.29, 1.82) is 0 Å². The molecule has 6 nitrogen and oxygen atoms in total. The summed E-state index contributed by atoms with van der Waals surface area (Å²) < 4.78 is 41.0. The predicted molar refractivity (Wildman–Crippen MR) is 83.8 cm³/mol. The molecular weight excluding hydrogens is 333 g/mol. The van der Waals surface area contributed by atoms with E-state index < -0.39 is 18.8 Å². The van der Waals surface area contributed by atoms with Gasteiger partial charge in [-0.25, -0.2) is 19.3 Å². The average molecular weight is 350 g/mol. The molecule has 0 saturated carbocycles. The molecule has 0 unspecified atom stereocenters. The minimum atomic E-state index is -4.37. The summed E-state index contributed by atoms with van der Waals surface area (Å²) in [6, 6.07) is 9.18. The summed E-state index contributed by atoms with van der Waals surface area (Å²) in [5.41, 5.74) is 1.08. The Bertz CT molecular complexity index is 795. The lowest BCUT2D eigenvalue weighted by Crippen LogP contribution is -2.23. The maximum atomic E-state index is 12.9. The molecule has 0 fully saturated rings. The van der Waals surface area contributed by atoms with E-state index in [0.717, 1.165) is 10.2 Å². The second kappa shape index (κ2) is 7.04. The van der Waals surface area contributed by atoms with Crippen LogP contribution in [0.2, 0.25) is 0 Å². The van der Waals surface area contributed by atoms with Gasteiger partial charge in [-0.1, -0.05) is 30.3 Å². The Balaban J connectivity index is 1.83. The molecule has 3 rings (SSSR count). The van der Waals surface area contributed by atoms with E-state index in [2.05, 4.69) is 20.2 Å². The summed E-state index contributed by atoms with van der Waals surface area (Å²) in [6.07, 6.45) is -0.473. The van der Waals surface area contributed by atoms with Gasteiger partial charge in [0.25, 0.3) is 0 Å². The van der Waals surface area contributed by atoms with Crippen molar-refractivity contribution in [3.63, 3.8) is 0 Å². The molecule has 2 aromatic heterocycles. The van der Waals surface area contributed by atoms with E-state index in [1.165, 1.54) is 17.3 Å². The van der Waals surface area contributed by atoms with Crippen molar-refractivity contribution >= 4 is 0 Å². The molecular formula is C16H17F3N6. The quantitative estimate of drug-likeness (QED) is 0.686. The van der Waals surface area contributed by atoms with Gasteiger partial charge in [0.05, 0.1) is 0 Å². The van der Waals surface area contributed by atoms with Crippen LogP contribution < -0.4 is 0 Å². The standard InChI is InChI=1S/C16H17F3N6/c1-12(25-11-20-10-21-25)15-22-14(23-24(15)9-16(17,18)19)8-7-13-5-3-2-4-6-13/h2-6,10-12H,7-9H2,1H3/t12-/m0/s1. The Hall–Kier alpha value is -2.71. The first-order valence-electron chi connectivity index (χ1n) is 7.81. The fourth-order valence-electron chi connectivity index (χ4n) is 2.54. The first-order chi connectivity index (χ1) is 11.9. The van der Waals surface area contributed by atoms with Crippen LogP contribution in [0.1, 0.15) is 30.2 Å². The number of benzene rings is 1. The number of halogens is 3. The monoisotopic (exact) mass is 350 g/mol. The lowest BCUT2D eigenvalue weighted by Gasteiger charge is -2.13. The van der Waals surface area contributed by atoms with Crippen LogP contribution in [0.4, 0.5) is 13.2 Å². The van der Waals surface area contributed by atoms with Crippen molar-refractivity contribution in [2.75, 3.05) is 0 Å². The second-order valence-electron chi connectivity index (χ2n) is 5.70. The van der Waals surface area contributed by atoms with Crippen LogP contribution in [0.15, 0.2) is 43.0 Å². The van der Waals surface area contributed by atoms with Crippen molar-refractivity contribution in [1.82, 2.24) is 29.5 Å². The van der Waals surface area contributed by atoms with Gasteiger partial charge in [0.1, 0.15) is 25.2 Å². The molecule has 0 N–H and O–H groups in total. The lowest BCUT2D eigenvalue weighted by molar-refractivity contribution is -0.143.